The molecule has 1 atom stereocenters. The van der Waals surface area contributed by atoms with Crippen LogP contribution in [0.4, 0.5) is 5.69 Å². The molecule has 5 heteroatoms. The summed E-state index contributed by atoms with van der Waals surface area (Å²) in [5.74, 6) is 1.71. The molecule has 34 heavy (non-hydrogen) atoms. The van der Waals surface area contributed by atoms with Crippen molar-refractivity contribution in [3.63, 3.8) is 0 Å². The number of anilines is 1. The van der Waals surface area contributed by atoms with Crippen molar-refractivity contribution in [2.24, 2.45) is 0 Å². The number of hydrogen-bond acceptors (Lipinski definition) is 3. The van der Waals surface area contributed by atoms with Gasteiger partial charge in [-0.3, -0.25) is 4.57 Å². The molecule has 1 N–H and O–H groups in total. The van der Waals surface area contributed by atoms with Crippen molar-refractivity contribution in [2.75, 3.05) is 12.4 Å². The summed E-state index contributed by atoms with van der Waals surface area (Å²) in [4.78, 5) is 5.23. The van der Waals surface area contributed by atoms with Gasteiger partial charge in [-0.2, -0.15) is 0 Å². The summed E-state index contributed by atoms with van der Waals surface area (Å²) in [6.45, 7) is 0. The molecule has 4 nitrogen and oxygen atoms in total. The average molecular weight is 464 g/mol. The molecule has 0 aliphatic carbocycles. The molecule has 0 spiro atoms. The molecule has 2 heterocycles. The fourth-order valence-corrected chi connectivity index (χ4v) is 4.77. The van der Waals surface area contributed by atoms with Crippen LogP contribution in [0, 0.1) is 0 Å². The van der Waals surface area contributed by atoms with Gasteiger partial charge in [0.15, 0.2) is 0 Å². The molecule has 0 saturated carbocycles. The van der Waals surface area contributed by atoms with Crippen LogP contribution in [-0.2, 0) is 0 Å². The van der Waals surface area contributed by atoms with Gasteiger partial charge in [0, 0.05) is 27.4 Å². The zero-order valence-electron chi connectivity index (χ0n) is 18.6. The Kier molecular flexibility index (Phi) is 5.08. The number of rotatable bonds is 4. The predicted molar refractivity (Wildman–Crippen MR) is 138 cm³/mol. The third-order valence-electron chi connectivity index (χ3n) is 6.21. The molecule has 1 aliphatic rings. The lowest BCUT2D eigenvalue weighted by atomic mass is 10.0. The number of nitrogens with zero attached hydrogens (tertiary/aromatic N) is 2. The van der Waals surface area contributed by atoms with Gasteiger partial charge < -0.3 is 10.1 Å². The van der Waals surface area contributed by atoms with Crippen LogP contribution >= 0.6 is 11.6 Å². The lowest BCUT2D eigenvalue weighted by Crippen LogP contribution is -2.25. The summed E-state index contributed by atoms with van der Waals surface area (Å²) in [5.41, 5.74) is 7.26. The van der Waals surface area contributed by atoms with Gasteiger partial charge in [0.2, 0.25) is 0 Å². The van der Waals surface area contributed by atoms with Crippen molar-refractivity contribution >= 4 is 17.3 Å². The van der Waals surface area contributed by atoms with Crippen molar-refractivity contribution < 1.29 is 4.74 Å². The minimum atomic E-state index is -0.158. The average Bonchev–Trinajstić information content (AvgIpc) is 3.30. The highest BCUT2D eigenvalue weighted by molar-refractivity contribution is 6.31. The minimum absolute atomic E-state index is 0.158. The summed E-state index contributed by atoms with van der Waals surface area (Å²) < 4.78 is 7.69. The van der Waals surface area contributed by atoms with Crippen LogP contribution in [0.15, 0.2) is 103 Å². The summed E-state index contributed by atoms with van der Waals surface area (Å²) >= 11 is 6.43. The molecule has 0 fully saturated rings. The van der Waals surface area contributed by atoms with E-state index in [9.17, 15) is 0 Å². The van der Waals surface area contributed by atoms with Gasteiger partial charge in [0.1, 0.15) is 17.7 Å². The second kappa shape index (κ2) is 8.40. The van der Waals surface area contributed by atoms with E-state index in [4.69, 9.17) is 21.3 Å². The smallest absolute Gasteiger partial charge is 0.145 e. The first-order valence-corrected chi connectivity index (χ1v) is 11.5. The number of benzene rings is 4. The number of halogens is 1. The first kappa shape index (κ1) is 20.6. The summed E-state index contributed by atoms with van der Waals surface area (Å²) in [6, 6.07) is 34.9. The summed E-state index contributed by atoms with van der Waals surface area (Å²) in [7, 11) is 1.68. The standard InChI is InChI=1S/C29H22ClN3O/c1-34-23-15-12-21(13-16-23)28-31-25-17-14-22(30)18-24(25)29-32-26(19-8-4-2-5-9-19)27(33(28)29)20-10-6-3-7-11-20/h2-18,28,31H,1H3. The Hall–Kier alpha value is -4.02. The van der Waals surface area contributed by atoms with Crippen LogP contribution in [0.5, 0.6) is 5.75 Å². The number of imidazole rings is 1. The monoisotopic (exact) mass is 463 g/mol. The van der Waals surface area contributed by atoms with Gasteiger partial charge in [-0.25, -0.2) is 4.98 Å². The molecule has 0 bridgehead atoms. The number of nitrogens with one attached hydrogen (secondary N) is 1. The number of hydrogen-bond donors (Lipinski definition) is 1. The van der Waals surface area contributed by atoms with Gasteiger partial charge in [0.25, 0.3) is 0 Å². The molecule has 1 aliphatic heterocycles. The van der Waals surface area contributed by atoms with E-state index in [-0.39, 0.29) is 6.17 Å². The first-order valence-electron chi connectivity index (χ1n) is 11.2. The van der Waals surface area contributed by atoms with E-state index < -0.39 is 0 Å². The Bertz CT molecular complexity index is 1460. The molecule has 0 saturated heterocycles. The predicted octanol–water partition coefficient (Wildman–Crippen LogP) is 7.52. The van der Waals surface area contributed by atoms with Crippen LogP contribution in [0.1, 0.15) is 11.7 Å². The molecule has 6 rings (SSSR count). The Labute approximate surface area is 203 Å². The Morgan fingerprint density at radius 2 is 1.50 bits per heavy atom. The third-order valence-corrected chi connectivity index (χ3v) is 6.45. The van der Waals surface area contributed by atoms with Gasteiger partial charge in [-0.1, -0.05) is 84.4 Å². The largest absolute Gasteiger partial charge is 0.497 e. The van der Waals surface area contributed by atoms with Crippen molar-refractivity contribution in [3.05, 3.63) is 114 Å². The van der Waals surface area contributed by atoms with E-state index in [2.05, 4.69) is 58.4 Å². The highest BCUT2D eigenvalue weighted by atomic mass is 35.5. The van der Waals surface area contributed by atoms with Crippen LogP contribution in [0.25, 0.3) is 33.9 Å². The van der Waals surface area contributed by atoms with Gasteiger partial charge in [-0.05, 0) is 35.9 Å². The molecule has 4 aromatic carbocycles. The van der Waals surface area contributed by atoms with E-state index in [1.165, 1.54) is 0 Å². The van der Waals surface area contributed by atoms with Gasteiger partial charge >= 0.3 is 0 Å². The fourth-order valence-electron chi connectivity index (χ4n) is 4.60. The van der Waals surface area contributed by atoms with Crippen LogP contribution in [0.2, 0.25) is 5.02 Å². The Morgan fingerprint density at radius 1 is 0.824 bits per heavy atom. The zero-order valence-corrected chi connectivity index (χ0v) is 19.3. The molecule has 1 unspecified atom stereocenters. The molecule has 5 aromatic rings. The first-order chi connectivity index (χ1) is 16.7. The molecular weight excluding hydrogens is 442 g/mol. The molecule has 1 aromatic heterocycles. The number of fused-ring (bicyclic) bond motifs is 3. The normalized spacial score (nSPS) is 14.1. The zero-order chi connectivity index (χ0) is 23.1. The molecule has 0 radical (unpaired) electrons. The van der Waals surface area contributed by atoms with Crippen LogP contribution in [-0.4, -0.2) is 16.7 Å². The van der Waals surface area contributed by atoms with E-state index in [0.29, 0.717) is 5.02 Å². The molecule has 0 amide bonds. The maximum absolute atomic E-state index is 6.43. The van der Waals surface area contributed by atoms with Crippen molar-refractivity contribution in [1.29, 1.82) is 0 Å². The number of methoxy groups -OCH3 is 1. The quantitative estimate of drug-likeness (QED) is 0.299. The second-order valence-corrected chi connectivity index (χ2v) is 8.68. The second-order valence-electron chi connectivity index (χ2n) is 8.24. The maximum Gasteiger partial charge on any atom is 0.145 e. The lowest BCUT2D eigenvalue weighted by molar-refractivity contribution is 0.414. The van der Waals surface area contributed by atoms with Crippen LogP contribution in [0.3, 0.4) is 0 Å². The Morgan fingerprint density at radius 3 is 2.18 bits per heavy atom. The Balaban J connectivity index is 1.67. The number of ether oxygens (including phenoxy) is 1. The van der Waals surface area contributed by atoms with Gasteiger partial charge in [0.05, 0.1) is 18.5 Å². The van der Waals surface area contributed by atoms with Crippen molar-refractivity contribution in [2.45, 2.75) is 6.17 Å². The summed E-state index contributed by atoms with van der Waals surface area (Å²) in [6.07, 6.45) is -0.158. The van der Waals surface area contributed by atoms with Crippen LogP contribution < -0.4 is 10.1 Å². The SMILES string of the molecule is COc1ccc(C2Nc3ccc(Cl)cc3-c3nc(-c4ccccc4)c(-c4ccccc4)n32)cc1. The highest BCUT2D eigenvalue weighted by Crippen LogP contribution is 2.46. The lowest BCUT2D eigenvalue weighted by Gasteiger charge is -2.31. The summed E-state index contributed by atoms with van der Waals surface area (Å²) in [5, 5.41) is 4.41. The van der Waals surface area contributed by atoms with E-state index in [1.807, 2.05) is 54.6 Å². The van der Waals surface area contributed by atoms with E-state index in [0.717, 1.165) is 50.9 Å². The highest BCUT2D eigenvalue weighted by Gasteiger charge is 2.32. The minimum Gasteiger partial charge on any atom is -0.497 e. The van der Waals surface area contributed by atoms with E-state index in [1.54, 1.807) is 7.11 Å². The third kappa shape index (κ3) is 3.44. The maximum atomic E-state index is 6.43. The number of aromatic nitrogens is 2. The van der Waals surface area contributed by atoms with Gasteiger partial charge in [-0.15, -0.1) is 0 Å². The topological polar surface area (TPSA) is 39.1 Å². The van der Waals surface area contributed by atoms with Crippen molar-refractivity contribution in [1.82, 2.24) is 9.55 Å². The fraction of sp³-hybridized carbons (Fsp3) is 0.0690. The molecular formula is C29H22ClN3O. The van der Waals surface area contributed by atoms with E-state index >= 15 is 0 Å². The molecule has 166 valence electrons. The van der Waals surface area contributed by atoms with Crippen molar-refractivity contribution in [3.8, 4) is 39.7 Å².